The summed E-state index contributed by atoms with van der Waals surface area (Å²) in [6.07, 6.45) is 2.27. The van der Waals surface area contributed by atoms with Crippen LogP contribution in [0.1, 0.15) is 39.2 Å². The van der Waals surface area contributed by atoms with Gasteiger partial charge in [0, 0.05) is 41.8 Å². The van der Waals surface area contributed by atoms with E-state index in [1.54, 1.807) is 12.1 Å². The summed E-state index contributed by atoms with van der Waals surface area (Å²) in [4.78, 5) is 2.46. The lowest BCUT2D eigenvalue weighted by atomic mass is 9.93. The first kappa shape index (κ1) is 16.9. The molecule has 0 bridgehead atoms. The molecule has 0 saturated carbocycles. The predicted octanol–water partition coefficient (Wildman–Crippen LogP) is 4.19. The monoisotopic (exact) mass is 356 g/mol. The molecule has 3 unspecified atom stereocenters. The van der Waals surface area contributed by atoms with Gasteiger partial charge in [-0.3, -0.25) is 4.90 Å². The standard InChI is InChI=1S/C17H26BrFN2/c1-4-12(3)17-9-20-15(5-2)11-21(17)10-13-8-14(18)6-7-16(13)19/h6-8,12,15,17,20H,4-5,9-11H2,1-3H3. The second-order valence-electron chi connectivity index (χ2n) is 6.13. The molecule has 2 nitrogen and oxygen atoms in total. The predicted molar refractivity (Wildman–Crippen MR) is 89.8 cm³/mol. The third-order valence-corrected chi connectivity index (χ3v) is 5.21. The maximum atomic E-state index is 14.1. The molecule has 0 aliphatic carbocycles. The van der Waals surface area contributed by atoms with Gasteiger partial charge in [-0.1, -0.05) is 43.1 Å². The Bertz CT molecular complexity index is 466. The summed E-state index contributed by atoms with van der Waals surface area (Å²) >= 11 is 3.45. The van der Waals surface area contributed by atoms with Crippen molar-refractivity contribution in [3.05, 3.63) is 34.1 Å². The zero-order valence-corrected chi connectivity index (χ0v) is 14.8. The molecule has 1 saturated heterocycles. The van der Waals surface area contributed by atoms with Crippen LogP contribution in [0.15, 0.2) is 22.7 Å². The van der Waals surface area contributed by atoms with Gasteiger partial charge in [0.15, 0.2) is 0 Å². The lowest BCUT2D eigenvalue weighted by Crippen LogP contribution is -2.57. The first-order valence-electron chi connectivity index (χ1n) is 7.96. The van der Waals surface area contributed by atoms with E-state index in [2.05, 4.69) is 46.9 Å². The minimum atomic E-state index is -0.104. The van der Waals surface area contributed by atoms with Gasteiger partial charge in [-0.2, -0.15) is 0 Å². The van der Waals surface area contributed by atoms with Crippen molar-refractivity contribution in [2.24, 2.45) is 5.92 Å². The van der Waals surface area contributed by atoms with E-state index in [0.717, 1.165) is 36.0 Å². The number of benzene rings is 1. The third kappa shape index (κ3) is 4.27. The lowest BCUT2D eigenvalue weighted by molar-refractivity contribution is 0.0822. The molecule has 1 aromatic carbocycles. The van der Waals surface area contributed by atoms with Crippen molar-refractivity contribution in [2.45, 2.75) is 52.2 Å². The largest absolute Gasteiger partial charge is 0.311 e. The molecule has 1 aliphatic rings. The molecule has 1 heterocycles. The molecule has 3 atom stereocenters. The van der Waals surface area contributed by atoms with Crippen LogP contribution in [0.5, 0.6) is 0 Å². The number of nitrogens with zero attached hydrogens (tertiary/aromatic N) is 1. The van der Waals surface area contributed by atoms with Crippen LogP contribution < -0.4 is 5.32 Å². The fourth-order valence-electron chi connectivity index (χ4n) is 3.07. The highest BCUT2D eigenvalue weighted by Gasteiger charge is 2.30. The molecule has 4 heteroatoms. The summed E-state index contributed by atoms with van der Waals surface area (Å²) in [6.45, 7) is 9.43. The van der Waals surface area contributed by atoms with Crippen LogP contribution in [0.4, 0.5) is 4.39 Å². The molecule has 0 spiro atoms. The Morgan fingerprint density at radius 3 is 2.86 bits per heavy atom. The van der Waals surface area contributed by atoms with Crippen molar-refractivity contribution >= 4 is 15.9 Å². The van der Waals surface area contributed by atoms with E-state index >= 15 is 0 Å². The van der Waals surface area contributed by atoms with Gasteiger partial charge in [-0.15, -0.1) is 0 Å². The number of hydrogen-bond donors (Lipinski definition) is 1. The average molecular weight is 357 g/mol. The second-order valence-corrected chi connectivity index (χ2v) is 7.05. The Kier molecular flexibility index (Phi) is 6.20. The highest BCUT2D eigenvalue weighted by Crippen LogP contribution is 2.24. The van der Waals surface area contributed by atoms with Crippen molar-refractivity contribution in [3.8, 4) is 0 Å². The number of halogens is 2. The molecule has 0 aromatic heterocycles. The van der Waals surface area contributed by atoms with Gasteiger partial charge < -0.3 is 5.32 Å². The van der Waals surface area contributed by atoms with Crippen molar-refractivity contribution < 1.29 is 4.39 Å². The van der Waals surface area contributed by atoms with Crippen LogP contribution in [0, 0.1) is 11.7 Å². The van der Waals surface area contributed by atoms with E-state index in [-0.39, 0.29) is 5.82 Å². The van der Waals surface area contributed by atoms with Crippen LogP contribution in [0.25, 0.3) is 0 Å². The summed E-state index contributed by atoms with van der Waals surface area (Å²) in [5.74, 6) is 0.512. The highest BCUT2D eigenvalue weighted by molar-refractivity contribution is 9.10. The highest BCUT2D eigenvalue weighted by atomic mass is 79.9. The Balaban J connectivity index is 2.17. The van der Waals surface area contributed by atoms with Gasteiger partial charge in [0.25, 0.3) is 0 Å². The Morgan fingerprint density at radius 1 is 1.43 bits per heavy atom. The Hall–Kier alpha value is -0.450. The van der Waals surface area contributed by atoms with Gasteiger partial charge in [-0.25, -0.2) is 4.39 Å². The lowest BCUT2D eigenvalue weighted by Gasteiger charge is -2.43. The first-order valence-corrected chi connectivity index (χ1v) is 8.75. The van der Waals surface area contributed by atoms with E-state index in [1.807, 2.05) is 6.07 Å². The molecule has 21 heavy (non-hydrogen) atoms. The molecule has 1 aliphatic heterocycles. The summed E-state index contributed by atoms with van der Waals surface area (Å²) in [6, 6.07) is 6.22. The number of nitrogens with one attached hydrogen (secondary N) is 1. The van der Waals surface area contributed by atoms with Crippen molar-refractivity contribution in [2.75, 3.05) is 13.1 Å². The molecule has 0 amide bonds. The van der Waals surface area contributed by atoms with Gasteiger partial charge in [0.1, 0.15) is 5.82 Å². The molecule has 2 rings (SSSR count). The van der Waals surface area contributed by atoms with Gasteiger partial charge in [-0.05, 0) is 30.5 Å². The zero-order valence-electron chi connectivity index (χ0n) is 13.2. The quantitative estimate of drug-likeness (QED) is 0.850. The van der Waals surface area contributed by atoms with E-state index < -0.39 is 0 Å². The summed E-state index contributed by atoms with van der Waals surface area (Å²) in [5.41, 5.74) is 0.787. The van der Waals surface area contributed by atoms with E-state index in [0.29, 0.717) is 24.5 Å². The number of rotatable bonds is 5. The molecule has 0 radical (unpaired) electrons. The molecular weight excluding hydrogens is 331 g/mol. The minimum Gasteiger partial charge on any atom is -0.311 e. The van der Waals surface area contributed by atoms with Crippen LogP contribution in [-0.4, -0.2) is 30.1 Å². The Morgan fingerprint density at radius 2 is 2.19 bits per heavy atom. The van der Waals surface area contributed by atoms with Crippen LogP contribution in [0.3, 0.4) is 0 Å². The van der Waals surface area contributed by atoms with Gasteiger partial charge in [0.05, 0.1) is 0 Å². The molecule has 1 N–H and O–H groups in total. The van der Waals surface area contributed by atoms with Crippen LogP contribution in [-0.2, 0) is 6.54 Å². The van der Waals surface area contributed by atoms with Crippen LogP contribution >= 0.6 is 15.9 Å². The van der Waals surface area contributed by atoms with E-state index in [9.17, 15) is 4.39 Å². The van der Waals surface area contributed by atoms with E-state index in [1.165, 1.54) is 0 Å². The average Bonchev–Trinajstić information content (AvgIpc) is 2.50. The minimum absolute atomic E-state index is 0.104. The van der Waals surface area contributed by atoms with Crippen molar-refractivity contribution in [3.63, 3.8) is 0 Å². The molecule has 1 fully saturated rings. The fourth-order valence-corrected chi connectivity index (χ4v) is 3.48. The Labute approximate surface area is 136 Å². The van der Waals surface area contributed by atoms with Crippen molar-refractivity contribution in [1.82, 2.24) is 10.2 Å². The zero-order chi connectivity index (χ0) is 15.4. The van der Waals surface area contributed by atoms with Gasteiger partial charge >= 0.3 is 0 Å². The molecular formula is C17H26BrFN2. The maximum Gasteiger partial charge on any atom is 0.127 e. The first-order chi connectivity index (χ1) is 10.0. The van der Waals surface area contributed by atoms with Gasteiger partial charge in [0.2, 0.25) is 0 Å². The van der Waals surface area contributed by atoms with Crippen LogP contribution in [0.2, 0.25) is 0 Å². The SMILES string of the molecule is CCC1CN(Cc2cc(Br)ccc2F)C(C(C)CC)CN1. The third-order valence-electron chi connectivity index (χ3n) is 4.71. The summed E-state index contributed by atoms with van der Waals surface area (Å²) in [7, 11) is 0. The smallest absolute Gasteiger partial charge is 0.127 e. The maximum absolute atomic E-state index is 14.1. The topological polar surface area (TPSA) is 15.3 Å². The fraction of sp³-hybridized carbons (Fsp3) is 0.647. The molecule has 118 valence electrons. The van der Waals surface area contributed by atoms with Crippen molar-refractivity contribution in [1.29, 1.82) is 0 Å². The number of piperazine rings is 1. The number of hydrogen-bond acceptors (Lipinski definition) is 2. The summed E-state index contributed by atoms with van der Waals surface area (Å²) in [5, 5.41) is 3.63. The van der Waals surface area contributed by atoms with E-state index in [4.69, 9.17) is 0 Å². The molecule has 1 aromatic rings. The normalized spacial score (nSPS) is 25.0. The second kappa shape index (κ2) is 7.70. The summed E-state index contributed by atoms with van der Waals surface area (Å²) < 4.78 is 15.0.